The number of fused-ring (bicyclic) bond motifs is 3. The van der Waals surface area contributed by atoms with Crippen molar-refractivity contribution in [2.24, 2.45) is 0 Å². The van der Waals surface area contributed by atoms with E-state index < -0.39 is 8.32 Å². The SMILES string of the molecule is COCCCc1cnc2c(c1)CCC2Cc1nc2c(cc1Cl)nc(O[C@@H]1CO[C@H]3[C@@H]1OC[C@H]3O[Si](C)(C)C(C)(C)C)n2C1CCCCO1. The zero-order valence-corrected chi connectivity index (χ0v) is 31.1. The second-order valence-corrected chi connectivity index (χ2v) is 20.6. The molecule has 4 aliphatic rings. The van der Waals surface area contributed by atoms with E-state index in [0.717, 1.165) is 62.9 Å². The molecule has 0 N–H and O–H groups in total. The van der Waals surface area contributed by atoms with Gasteiger partial charge in [0, 0.05) is 38.1 Å². The number of imidazole rings is 1. The number of pyridine rings is 2. The van der Waals surface area contributed by atoms with Gasteiger partial charge >= 0.3 is 6.01 Å². The molecule has 6 heterocycles. The number of ether oxygens (including phenoxy) is 5. The van der Waals surface area contributed by atoms with Crippen molar-refractivity contribution in [2.45, 2.75) is 127 Å². The predicted molar refractivity (Wildman–Crippen MR) is 187 cm³/mol. The van der Waals surface area contributed by atoms with Crippen molar-refractivity contribution >= 4 is 31.1 Å². The van der Waals surface area contributed by atoms with E-state index in [1.165, 1.54) is 16.8 Å². The molecule has 1 aliphatic carbocycles. The molecule has 3 fully saturated rings. The van der Waals surface area contributed by atoms with Gasteiger partial charge < -0.3 is 28.1 Å². The Morgan fingerprint density at radius 2 is 1.81 bits per heavy atom. The fourth-order valence-electron chi connectivity index (χ4n) is 7.34. The highest BCUT2D eigenvalue weighted by Crippen LogP contribution is 2.42. The lowest BCUT2D eigenvalue weighted by Gasteiger charge is -2.39. The van der Waals surface area contributed by atoms with Gasteiger partial charge in [-0.25, -0.2) is 4.98 Å². The highest BCUT2D eigenvalue weighted by molar-refractivity contribution is 6.74. The average Bonchev–Trinajstić information content (AvgIpc) is 3.82. The van der Waals surface area contributed by atoms with E-state index in [1.54, 1.807) is 7.11 Å². The number of rotatable bonds is 11. The van der Waals surface area contributed by atoms with Crippen LogP contribution in [0.2, 0.25) is 23.2 Å². The smallest absolute Gasteiger partial charge is 0.301 e. The Morgan fingerprint density at radius 1 is 1.02 bits per heavy atom. The van der Waals surface area contributed by atoms with Gasteiger partial charge in [0.1, 0.15) is 24.0 Å². The van der Waals surface area contributed by atoms with E-state index in [0.29, 0.717) is 42.8 Å². The number of aromatic nitrogens is 4. The second kappa shape index (κ2) is 13.9. The van der Waals surface area contributed by atoms with Gasteiger partial charge in [-0.3, -0.25) is 9.55 Å². The lowest BCUT2D eigenvalue weighted by Crippen LogP contribution is -2.47. The number of hydrogen-bond donors (Lipinski definition) is 0. The zero-order valence-electron chi connectivity index (χ0n) is 29.3. The quantitative estimate of drug-likeness (QED) is 0.155. The molecule has 6 atom stereocenters. The summed E-state index contributed by atoms with van der Waals surface area (Å²) in [5, 5.41) is 0.713. The van der Waals surface area contributed by atoms with Crippen LogP contribution < -0.4 is 4.74 Å². The largest absolute Gasteiger partial charge is 0.456 e. The Kier molecular flexibility index (Phi) is 9.93. The number of hydrogen-bond acceptors (Lipinski definition) is 9. The van der Waals surface area contributed by atoms with Crippen LogP contribution in [0, 0.1) is 0 Å². The summed E-state index contributed by atoms with van der Waals surface area (Å²) >= 11 is 6.93. The van der Waals surface area contributed by atoms with Crippen molar-refractivity contribution < 1.29 is 28.1 Å². The molecule has 3 aliphatic heterocycles. The fraction of sp³-hybridized carbons (Fsp3) is 0.694. The Bertz CT molecular complexity index is 1610. The van der Waals surface area contributed by atoms with Gasteiger partial charge in [0.25, 0.3) is 0 Å². The van der Waals surface area contributed by atoms with Gasteiger partial charge in [0.15, 0.2) is 20.1 Å². The Morgan fingerprint density at radius 3 is 2.56 bits per heavy atom. The molecule has 0 amide bonds. The van der Waals surface area contributed by atoms with E-state index in [2.05, 4.69) is 39.9 Å². The maximum atomic E-state index is 6.93. The third-order valence-electron chi connectivity index (χ3n) is 11.0. The van der Waals surface area contributed by atoms with Crippen LogP contribution in [0.3, 0.4) is 0 Å². The standard InChI is InChI=1S/C36H51ClN4O6Si/c1-36(2,3)48(5,6)47-29-21-45-32-28(20-44-33(29)32)46-35-40-27-18-25(37)26(39-34(27)41(35)30-11-7-8-15-43-30)17-24-13-12-23-16-22(10-9-14-42-4)19-38-31(23)24/h16,18-19,24,28-30,32-33H,7-15,17,20-21H2,1-6H3/t24?,28-,29-,30?,32-,33-/m1/s1. The molecule has 3 aromatic heterocycles. The summed E-state index contributed by atoms with van der Waals surface area (Å²) in [5.41, 5.74) is 6.06. The van der Waals surface area contributed by atoms with Crippen molar-refractivity contribution in [3.63, 3.8) is 0 Å². The van der Waals surface area contributed by atoms with E-state index in [-0.39, 0.29) is 41.6 Å². The second-order valence-electron chi connectivity index (χ2n) is 15.4. The zero-order chi connectivity index (χ0) is 33.6. The van der Waals surface area contributed by atoms with Gasteiger partial charge in [-0.05, 0) is 86.7 Å². The normalized spacial score (nSPS) is 27.5. The highest BCUT2D eigenvalue weighted by atomic mass is 35.5. The summed E-state index contributed by atoms with van der Waals surface area (Å²) in [6.45, 7) is 13.7. The minimum absolute atomic E-state index is 0.100. The lowest BCUT2D eigenvalue weighted by atomic mass is 9.99. The fourth-order valence-corrected chi connectivity index (χ4v) is 8.88. The molecule has 0 radical (unpaired) electrons. The van der Waals surface area contributed by atoms with Gasteiger partial charge in [-0.2, -0.15) is 4.98 Å². The molecule has 2 unspecified atom stereocenters. The van der Waals surface area contributed by atoms with Gasteiger partial charge in [0.2, 0.25) is 0 Å². The molecule has 0 aromatic carbocycles. The monoisotopic (exact) mass is 698 g/mol. The summed E-state index contributed by atoms with van der Waals surface area (Å²) in [5.74, 6) is 0.266. The molecule has 48 heavy (non-hydrogen) atoms. The summed E-state index contributed by atoms with van der Waals surface area (Å²) < 4.78 is 39.6. The third-order valence-corrected chi connectivity index (χ3v) is 15.9. The Labute approximate surface area is 290 Å². The molecule has 3 aromatic rings. The van der Waals surface area contributed by atoms with Gasteiger partial charge in [0.05, 0.1) is 30.0 Å². The Hall–Kier alpha value is -2.12. The maximum absolute atomic E-state index is 6.93. The predicted octanol–water partition coefficient (Wildman–Crippen LogP) is 6.97. The van der Waals surface area contributed by atoms with Crippen LogP contribution in [0.4, 0.5) is 0 Å². The van der Waals surface area contributed by atoms with Crippen molar-refractivity contribution in [3.05, 3.63) is 45.9 Å². The van der Waals surface area contributed by atoms with Crippen LogP contribution in [0.5, 0.6) is 6.01 Å². The molecular weight excluding hydrogens is 648 g/mol. The molecule has 3 saturated heterocycles. The molecular formula is C36H51ClN4O6Si. The molecule has 0 spiro atoms. The van der Waals surface area contributed by atoms with Crippen LogP contribution in [0.1, 0.15) is 87.5 Å². The first-order chi connectivity index (χ1) is 23.0. The van der Waals surface area contributed by atoms with E-state index in [1.807, 2.05) is 16.8 Å². The molecule has 7 rings (SSSR count). The van der Waals surface area contributed by atoms with Crippen molar-refractivity contribution in [1.82, 2.24) is 19.5 Å². The molecule has 0 bridgehead atoms. The van der Waals surface area contributed by atoms with Crippen molar-refractivity contribution in [3.8, 4) is 6.01 Å². The topological polar surface area (TPSA) is 99.0 Å². The molecule has 12 heteroatoms. The average molecular weight is 699 g/mol. The lowest BCUT2D eigenvalue weighted by molar-refractivity contribution is -0.0406. The van der Waals surface area contributed by atoms with Crippen LogP contribution >= 0.6 is 11.6 Å². The van der Waals surface area contributed by atoms with Crippen molar-refractivity contribution in [2.75, 3.05) is 33.5 Å². The number of nitrogens with zero attached hydrogens (tertiary/aromatic N) is 4. The molecule has 0 saturated carbocycles. The summed E-state index contributed by atoms with van der Waals surface area (Å²) in [7, 11) is -0.250. The van der Waals surface area contributed by atoms with E-state index >= 15 is 0 Å². The maximum Gasteiger partial charge on any atom is 0.301 e. The summed E-state index contributed by atoms with van der Waals surface area (Å²) in [6, 6.07) is 4.72. The van der Waals surface area contributed by atoms with Crippen LogP contribution in [0.25, 0.3) is 11.2 Å². The first kappa shape index (κ1) is 34.3. The van der Waals surface area contributed by atoms with Crippen molar-refractivity contribution in [1.29, 1.82) is 0 Å². The first-order valence-corrected chi connectivity index (χ1v) is 21.0. The number of methoxy groups -OCH3 is 1. The van der Waals surface area contributed by atoms with E-state index in [4.69, 9.17) is 54.7 Å². The van der Waals surface area contributed by atoms with Crippen LogP contribution in [-0.2, 0) is 42.6 Å². The highest BCUT2D eigenvalue weighted by Gasteiger charge is 2.52. The van der Waals surface area contributed by atoms with Gasteiger partial charge in [-0.1, -0.05) is 38.4 Å². The third kappa shape index (κ3) is 6.80. The number of aryl methyl sites for hydroxylation is 2. The summed E-state index contributed by atoms with van der Waals surface area (Å²) in [6.07, 6.45) is 8.68. The minimum Gasteiger partial charge on any atom is -0.456 e. The summed E-state index contributed by atoms with van der Waals surface area (Å²) in [4.78, 5) is 15.0. The minimum atomic E-state index is -2.00. The van der Waals surface area contributed by atoms with Crippen LogP contribution in [-0.4, -0.2) is 85.8 Å². The van der Waals surface area contributed by atoms with Gasteiger partial charge in [-0.15, -0.1) is 0 Å². The van der Waals surface area contributed by atoms with E-state index in [9.17, 15) is 0 Å². The number of halogens is 1. The molecule has 262 valence electrons. The Balaban J connectivity index is 1.12. The first-order valence-electron chi connectivity index (χ1n) is 17.8. The molecule has 10 nitrogen and oxygen atoms in total. The van der Waals surface area contributed by atoms with Crippen LogP contribution in [0.15, 0.2) is 18.3 Å².